The zero-order valence-corrected chi connectivity index (χ0v) is 25.0. The lowest BCUT2D eigenvalue weighted by molar-refractivity contribution is 0.141. The van der Waals surface area contributed by atoms with Crippen LogP contribution in [0.15, 0.2) is 85.2 Å². The summed E-state index contributed by atoms with van der Waals surface area (Å²) in [5, 5.41) is 18.6. The smallest absolute Gasteiger partial charge is 0.438 e. The lowest BCUT2D eigenvalue weighted by Gasteiger charge is -2.19. The van der Waals surface area contributed by atoms with E-state index >= 15 is 0 Å². The van der Waals surface area contributed by atoms with Crippen molar-refractivity contribution in [1.29, 1.82) is 0 Å². The molecule has 4 rings (SSSR count). The van der Waals surface area contributed by atoms with Crippen LogP contribution in [0.4, 0.5) is 16.2 Å². The van der Waals surface area contributed by atoms with Crippen LogP contribution < -0.4 is 20.0 Å². The lowest BCUT2D eigenvalue weighted by atomic mass is 9.87. The molecule has 222 valence electrons. The molecule has 0 unspecified atom stereocenters. The van der Waals surface area contributed by atoms with Gasteiger partial charge in [-0.25, -0.2) is 14.8 Å². The predicted molar refractivity (Wildman–Crippen MR) is 161 cm³/mol. The Morgan fingerprint density at radius 1 is 0.714 bits per heavy atom. The molecule has 0 fully saturated rings. The van der Waals surface area contributed by atoms with Crippen LogP contribution in [0.3, 0.4) is 0 Å². The van der Waals surface area contributed by atoms with Crippen LogP contribution in [0.1, 0.15) is 52.7 Å². The molecule has 3 N–H and O–H groups in total. The number of aromatic nitrogens is 2. The van der Waals surface area contributed by atoms with E-state index in [1.807, 2.05) is 41.9 Å². The SMILES string of the molecule is CC(C)(C)c1ccc(Oc2ccc(NO)cn2)cc1.COC(=O)N(O)c1ccc(Oc2ccc(C(C)(C)C)cc2)nc1. The Kier molecular flexibility index (Phi) is 10.5. The second kappa shape index (κ2) is 13.8. The number of hydrogen-bond acceptors (Lipinski definition) is 9. The highest BCUT2D eigenvalue weighted by Gasteiger charge is 2.15. The molecule has 4 aromatic rings. The molecule has 10 nitrogen and oxygen atoms in total. The van der Waals surface area contributed by atoms with Gasteiger partial charge in [0.15, 0.2) is 0 Å². The molecule has 0 spiro atoms. The van der Waals surface area contributed by atoms with Gasteiger partial charge in [0, 0.05) is 12.1 Å². The summed E-state index contributed by atoms with van der Waals surface area (Å²) in [5.74, 6) is 2.25. The van der Waals surface area contributed by atoms with E-state index in [0.717, 1.165) is 5.75 Å². The molecule has 1 amide bonds. The van der Waals surface area contributed by atoms with Crippen LogP contribution in [0.2, 0.25) is 0 Å². The van der Waals surface area contributed by atoms with Gasteiger partial charge in [0.1, 0.15) is 11.5 Å². The molecule has 2 aromatic heterocycles. The summed E-state index contributed by atoms with van der Waals surface area (Å²) in [4.78, 5) is 19.3. The van der Waals surface area contributed by atoms with Gasteiger partial charge in [0.05, 0.1) is 30.9 Å². The largest absolute Gasteiger partial charge is 0.451 e. The van der Waals surface area contributed by atoms with Crippen molar-refractivity contribution in [1.82, 2.24) is 9.97 Å². The van der Waals surface area contributed by atoms with Crippen molar-refractivity contribution in [2.75, 3.05) is 17.7 Å². The minimum absolute atomic E-state index is 0.0803. The van der Waals surface area contributed by atoms with Gasteiger partial charge < -0.3 is 14.2 Å². The number of ether oxygens (including phenoxy) is 3. The first kappa shape index (κ1) is 31.9. The maximum atomic E-state index is 11.2. The highest BCUT2D eigenvalue weighted by molar-refractivity contribution is 5.84. The summed E-state index contributed by atoms with van der Waals surface area (Å²) in [6, 6.07) is 22.2. The summed E-state index contributed by atoms with van der Waals surface area (Å²) >= 11 is 0. The fourth-order valence-electron chi connectivity index (χ4n) is 3.54. The van der Waals surface area contributed by atoms with Crippen molar-refractivity contribution >= 4 is 17.5 Å². The van der Waals surface area contributed by atoms with E-state index in [1.54, 1.807) is 18.2 Å². The molecule has 0 atom stereocenters. The van der Waals surface area contributed by atoms with E-state index in [4.69, 9.17) is 14.7 Å². The maximum absolute atomic E-state index is 11.2. The van der Waals surface area contributed by atoms with Crippen LogP contribution in [0, 0.1) is 0 Å². The third kappa shape index (κ3) is 9.18. The number of carbonyl (C=O) groups excluding carboxylic acids is 1. The minimum atomic E-state index is -0.891. The zero-order chi connectivity index (χ0) is 30.9. The van der Waals surface area contributed by atoms with Gasteiger partial charge in [-0.3, -0.25) is 15.9 Å². The van der Waals surface area contributed by atoms with Gasteiger partial charge in [-0.2, -0.15) is 5.06 Å². The number of amides is 1. The minimum Gasteiger partial charge on any atom is -0.451 e. The summed E-state index contributed by atoms with van der Waals surface area (Å²) in [7, 11) is 1.18. The van der Waals surface area contributed by atoms with Gasteiger partial charge in [-0.15, -0.1) is 0 Å². The molecule has 0 aliphatic carbocycles. The second-order valence-electron chi connectivity index (χ2n) is 11.4. The molecule has 0 aliphatic heterocycles. The summed E-state index contributed by atoms with van der Waals surface area (Å²) in [6.45, 7) is 12.9. The Morgan fingerprint density at radius 3 is 1.50 bits per heavy atom. The fourth-order valence-corrected chi connectivity index (χ4v) is 3.54. The van der Waals surface area contributed by atoms with E-state index in [2.05, 4.69) is 68.4 Å². The predicted octanol–water partition coefficient (Wildman–Crippen LogP) is 8.11. The first-order valence-corrected chi connectivity index (χ1v) is 13.3. The Morgan fingerprint density at radius 2 is 1.17 bits per heavy atom. The number of hydroxylamine groups is 1. The number of pyridine rings is 2. The summed E-state index contributed by atoms with van der Waals surface area (Å²) < 4.78 is 15.7. The third-order valence-electron chi connectivity index (χ3n) is 6.06. The zero-order valence-electron chi connectivity index (χ0n) is 25.0. The molecular weight excluding hydrogens is 536 g/mol. The normalized spacial score (nSPS) is 11.1. The van der Waals surface area contributed by atoms with Crippen molar-refractivity contribution in [2.45, 2.75) is 52.4 Å². The Balaban J connectivity index is 0.000000235. The van der Waals surface area contributed by atoms with Gasteiger partial charge in [-0.1, -0.05) is 65.8 Å². The molecule has 2 aromatic carbocycles. The van der Waals surface area contributed by atoms with Crippen LogP contribution >= 0.6 is 0 Å². The van der Waals surface area contributed by atoms with Crippen LogP contribution in [-0.2, 0) is 15.6 Å². The van der Waals surface area contributed by atoms with Crippen LogP contribution in [-0.4, -0.2) is 33.6 Å². The maximum Gasteiger partial charge on any atom is 0.438 e. The lowest BCUT2D eigenvalue weighted by Crippen LogP contribution is -2.26. The molecule has 2 heterocycles. The van der Waals surface area contributed by atoms with E-state index in [0.29, 0.717) is 28.3 Å². The summed E-state index contributed by atoms with van der Waals surface area (Å²) in [5.41, 5.74) is 5.41. The monoisotopic (exact) mass is 574 g/mol. The number of nitrogens with zero attached hydrogens (tertiary/aromatic N) is 3. The number of benzene rings is 2. The van der Waals surface area contributed by atoms with Crippen molar-refractivity contribution < 1.29 is 29.4 Å². The summed E-state index contributed by atoms with van der Waals surface area (Å²) in [6.07, 6.45) is 1.92. The van der Waals surface area contributed by atoms with Gasteiger partial charge in [-0.05, 0) is 58.4 Å². The quantitative estimate of drug-likeness (QED) is 0.155. The standard InChI is InChI=1S/C17H20N2O4.C15H18N2O2/c1-17(2,3)12-5-8-14(9-6-12)23-15-10-7-13(11-18-15)19(21)16(20)22-4;1-15(2,3)11-4-7-13(8-5-11)19-14-9-6-12(17-18)10-16-14/h5-11,21H,1-4H3;4-10,17-18H,1-3H3. The Labute approximate surface area is 246 Å². The number of anilines is 2. The van der Waals surface area contributed by atoms with Crippen molar-refractivity contribution in [3.8, 4) is 23.3 Å². The molecule has 0 radical (unpaired) electrons. The molecule has 0 saturated carbocycles. The first-order valence-electron chi connectivity index (χ1n) is 13.3. The average Bonchev–Trinajstić information content (AvgIpc) is 2.97. The van der Waals surface area contributed by atoms with Crippen molar-refractivity contribution in [3.05, 3.63) is 96.3 Å². The number of hydrogen-bond donors (Lipinski definition) is 3. The van der Waals surface area contributed by atoms with Crippen LogP contribution in [0.5, 0.6) is 23.3 Å². The highest BCUT2D eigenvalue weighted by Crippen LogP contribution is 2.28. The molecule has 42 heavy (non-hydrogen) atoms. The topological polar surface area (TPSA) is 126 Å². The number of nitrogens with one attached hydrogen (secondary N) is 1. The van der Waals surface area contributed by atoms with E-state index in [-0.39, 0.29) is 16.5 Å². The van der Waals surface area contributed by atoms with Gasteiger partial charge >= 0.3 is 6.09 Å². The first-order chi connectivity index (χ1) is 19.8. The van der Waals surface area contributed by atoms with Crippen LogP contribution in [0.25, 0.3) is 0 Å². The molecular formula is C32H38N4O6. The number of methoxy groups -OCH3 is 1. The second-order valence-corrected chi connectivity index (χ2v) is 11.4. The van der Waals surface area contributed by atoms with Gasteiger partial charge in [0.2, 0.25) is 11.8 Å². The Hall–Kier alpha value is -4.67. The third-order valence-corrected chi connectivity index (χ3v) is 6.06. The van der Waals surface area contributed by atoms with Crippen molar-refractivity contribution in [3.63, 3.8) is 0 Å². The molecule has 0 aliphatic rings. The molecule has 0 saturated heterocycles. The number of carbonyl (C=O) groups is 1. The Bertz CT molecular complexity index is 1410. The molecule has 0 bridgehead atoms. The van der Waals surface area contributed by atoms with E-state index < -0.39 is 6.09 Å². The molecule has 10 heteroatoms. The van der Waals surface area contributed by atoms with Crippen molar-refractivity contribution in [2.24, 2.45) is 0 Å². The van der Waals surface area contributed by atoms with Gasteiger partial charge in [0.25, 0.3) is 0 Å². The fraction of sp³-hybridized carbons (Fsp3) is 0.281. The average molecular weight is 575 g/mol. The highest BCUT2D eigenvalue weighted by atomic mass is 16.6. The van der Waals surface area contributed by atoms with E-state index in [1.165, 1.54) is 36.7 Å². The number of rotatable bonds is 6. The van der Waals surface area contributed by atoms with E-state index in [9.17, 15) is 10.0 Å².